The first-order valence-electron chi connectivity index (χ1n) is 7.15. The molecule has 1 saturated heterocycles. The Morgan fingerprint density at radius 2 is 2.18 bits per heavy atom. The minimum Gasteiger partial charge on any atom is -0.355 e. The molecule has 2 fully saturated rings. The third-order valence-corrected chi connectivity index (χ3v) is 4.77. The van der Waals surface area contributed by atoms with Gasteiger partial charge < -0.3 is 10.6 Å². The van der Waals surface area contributed by atoms with Crippen molar-refractivity contribution in [2.75, 3.05) is 19.6 Å². The van der Waals surface area contributed by atoms with Gasteiger partial charge in [-0.05, 0) is 43.7 Å². The quantitative estimate of drug-likeness (QED) is 0.742. The Hall–Kier alpha value is -0.570. The molecule has 17 heavy (non-hydrogen) atoms. The summed E-state index contributed by atoms with van der Waals surface area (Å²) >= 11 is 0. The first-order chi connectivity index (χ1) is 8.17. The predicted molar refractivity (Wildman–Crippen MR) is 69.7 cm³/mol. The summed E-state index contributed by atoms with van der Waals surface area (Å²) in [6, 6.07) is 0. The van der Waals surface area contributed by atoms with Gasteiger partial charge >= 0.3 is 0 Å². The van der Waals surface area contributed by atoms with Crippen LogP contribution in [0, 0.1) is 17.3 Å². The van der Waals surface area contributed by atoms with E-state index in [2.05, 4.69) is 24.5 Å². The second kappa shape index (κ2) is 5.38. The average Bonchev–Trinajstić information content (AvgIpc) is 2.18. The van der Waals surface area contributed by atoms with Crippen molar-refractivity contribution >= 4 is 5.91 Å². The highest BCUT2D eigenvalue weighted by atomic mass is 16.1. The van der Waals surface area contributed by atoms with Gasteiger partial charge in [0, 0.05) is 12.5 Å². The van der Waals surface area contributed by atoms with Crippen LogP contribution in [0.2, 0.25) is 0 Å². The first kappa shape index (κ1) is 12.9. The maximum absolute atomic E-state index is 12.0. The van der Waals surface area contributed by atoms with E-state index < -0.39 is 0 Å². The van der Waals surface area contributed by atoms with Crippen LogP contribution in [0.1, 0.15) is 46.0 Å². The topological polar surface area (TPSA) is 41.1 Å². The molecule has 1 heterocycles. The summed E-state index contributed by atoms with van der Waals surface area (Å²) < 4.78 is 0. The molecule has 2 aliphatic rings. The zero-order chi connectivity index (χ0) is 12.3. The largest absolute Gasteiger partial charge is 0.355 e. The first-order valence-corrected chi connectivity index (χ1v) is 7.15. The van der Waals surface area contributed by atoms with Crippen LogP contribution in [-0.2, 0) is 4.79 Å². The number of nitrogens with one attached hydrogen (secondary N) is 2. The summed E-state index contributed by atoms with van der Waals surface area (Å²) in [7, 11) is 0. The lowest BCUT2D eigenvalue weighted by molar-refractivity contribution is -0.127. The summed E-state index contributed by atoms with van der Waals surface area (Å²) in [5, 5.41) is 6.42. The highest BCUT2D eigenvalue weighted by molar-refractivity contribution is 5.78. The van der Waals surface area contributed by atoms with Crippen molar-refractivity contribution in [2.24, 2.45) is 17.3 Å². The van der Waals surface area contributed by atoms with E-state index in [0.29, 0.717) is 11.3 Å². The van der Waals surface area contributed by atoms with Crippen molar-refractivity contribution in [3.8, 4) is 0 Å². The van der Waals surface area contributed by atoms with Crippen LogP contribution in [0.3, 0.4) is 0 Å². The van der Waals surface area contributed by atoms with Crippen molar-refractivity contribution in [3.63, 3.8) is 0 Å². The fourth-order valence-corrected chi connectivity index (χ4v) is 3.04. The van der Waals surface area contributed by atoms with E-state index in [1.165, 1.54) is 32.1 Å². The van der Waals surface area contributed by atoms with E-state index in [9.17, 15) is 4.79 Å². The Morgan fingerprint density at radius 1 is 1.47 bits per heavy atom. The number of hydrogen-bond donors (Lipinski definition) is 2. The molecule has 1 aliphatic heterocycles. The molecule has 3 nitrogen and oxygen atoms in total. The van der Waals surface area contributed by atoms with Crippen LogP contribution < -0.4 is 10.6 Å². The number of hydrogen-bond acceptors (Lipinski definition) is 2. The fourth-order valence-electron chi connectivity index (χ4n) is 3.04. The molecular weight excluding hydrogens is 212 g/mol. The average molecular weight is 238 g/mol. The van der Waals surface area contributed by atoms with Gasteiger partial charge in [0.1, 0.15) is 0 Å². The lowest BCUT2D eigenvalue weighted by atomic mass is 9.66. The zero-order valence-corrected chi connectivity index (χ0v) is 11.2. The minimum atomic E-state index is 0.176. The van der Waals surface area contributed by atoms with Gasteiger partial charge in [-0.3, -0.25) is 4.79 Å². The predicted octanol–water partition coefficient (Wildman–Crippen LogP) is 1.93. The van der Waals surface area contributed by atoms with Crippen molar-refractivity contribution in [2.45, 2.75) is 46.0 Å². The van der Waals surface area contributed by atoms with Crippen LogP contribution in [0.25, 0.3) is 0 Å². The molecule has 0 radical (unpaired) electrons. The Kier molecular flexibility index (Phi) is 4.08. The summed E-state index contributed by atoms with van der Waals surface area (Å²) in [5.41, 5.74) is 0.446. The lowest BCUT2D eigenvalue weighted by Crippen LogP contribution is -2.51. The second-order valence-electron chi connectivity index (χ2n) is 6.03. The normalized spacial score (nSPS) is 24.6. The molecule has 0 aromatic carbocycles. The minimum absolute atomic E-state index is 0.176. The van der Waals surface area contributed by atoms with Gasteiger partial charge in [0.2, 0.25) is 5.91 Å². The van der Waals surface area contributed by atoms with E-state index in [1.54, 1.807) is 0 Å². The van der Waals surface area contributed by atoms with E-state index in [1.807, 2.05) is 0 Å². The number of amides is 1. The van der Waals surface area contributed by atoms with Crippen molar-refractivity contribution in [1.82, 2.24) is 10.6 Å². The highest BCUT2D eigenvalue weighted by Gasteiger charge is 2.37. The van der Waals surface area contributed by atoms with Gasteiger partial charge in [-0.15, -0.1) is 0 Å². The van der Waals surface area contributed by atoms with Crippen LogP contribution in [0.4, 0.5) is 0 Å². The van der Waals surface area contributed by atoms with Gasteiger partial charge in [-0.25, -0.2) is 0 Å². The van der Waals surface area contributed by atoms with Crippen LogP contribution in [-0.4, -0.2) is 25.5 Å². The molecule has 3 heteroatoms. The Labute approximate surface area is 105 Å². The molecule has 2 N–H and O–H groups in total. The molecule has 0 bridgehead atoms. The van der Waals surface area contributed by atoms with Crippen LogP contribution in [0.5, 0.6) is 0 Å². The maximum Gasteiger partial charge on any atom is 0.223 e. The SMILES string of the molecule is CCCC1(CNC(=O)C(C)C2CNC2)CCC1. The zero-order valence-electron chi connectivity index (χ0n) is 11.2. The Morgan fingerprint density at radius 3 is 2.59 bits per heavy atom. The van der Waals surface area contributed by atoms with E-state index in [0.717, 1.165) is 19.6 Å². The number of carbonyl (C=O) groups is 1. The summed E-state index contributed by atoms with van der Waals surface area (Å²) in [4.78, 5) is 12.0. The molecule has 0 aromatic rings. The van der Waals surface area contributed by atoms with Gasteiger partial charge in [-0.1, -0.05) is 26.7 Å². The molecular formula is C14H26N2O. The van der Waals surface area contributed by atoms with Crippen LogP contribution in [0.15, 0.2) is 0 Å². The van der Waals surface area contributed by atoms with Crippen LogP contribution >= 0.6 is 0 Å². The van der Waals surface area contributed by atoms with Gasteiger partial charge in [0.05, 0.1) is 0 Å². The van der Waals surface area contributed by atoms with Gasteiger partial charge in [-0.2, -0.15) is 0 Å². The fraction of sp³-hybridized carbons (Fsp3) is 0.929. The van der Waals surface area contributed by atoms with Crippen molar-refractivity contribution in [1.29, 1.82) is 0 Å². The molecule has 0 aromatic heterocycles. The van der Waals surface area contributed by atoms with E-state index in [-0.39, 0.29) is 11.8 Å². The molecule has 98 valence electrons. The summed E-state index contributed by atoms with van der Waals surface area (Å²) in [5.74, 6) is 0.993. The standard InChI is InChI=1S/C14H26N2O/c1-3-5-14(6-4-7-14)10-16-13(17)11(2)12-8-15-9-12/h11-12,15H,3-10H2,1-2H3,(H,16,17). The Balaban J connectivity index is 1.74. The molecule has 1 saturated carbocycles. The molecule has 0 spiro atoms. The second-order valence-corrected chi connectivity index (χ2v) is 6.03. The number of rotatable bonds is 6. The smallest absolute Gasteiger partial charge is 0.223 e. The lowest BCUT2D eigenvalue weighted by Gasteiger charge is -2.42. The number of carbonyl (C=O) groups excluding carboxylic acids is 1. The summed E-state index contributed by atoms with van der Waals surface area (Å²) in [6.07, 6.45) is 6.46. The monoisotopic (exact) mass is 238 g/mol. The third-order valence-electron chi connectivity index (χ3n) is 4.77. The third kappa shape index (κ3) is 2.82. The van der Waals surface area contributed by atoms with Crippen molar-refractivity contribution < 1.29 is 4.79 Å². The van der Waals surface area contributed by atoms with Crippen molar-refractivity contribution in [3.05, 3.63) is 0 Å². The Bertz CT molecular complexity index is 269. The van der Waals surface area contributed by atoms with Gasteiger partial charge in [0.15, 0.2) is 0 Å². The molecule has 1 unspecified atom stereocenters. The van der Waals surface area contributed by atoms with E-state index >= 15 is 0 Å². The molecule has 1 amide bonds. The van der Waals surface area contributed by atoms with Gasteiger partial charge in [0.25, 0.3) is 0 Å². The summed E-state index contributed by atoms with van der Waals surface area (Å²) in [6.45, 7) is 7.23. The maximum atomic E-state index is 12.0. The van der Waals surface area contributed by atoms with E-state index in [4.69, 9.17) is 0 Å². The molecule has 2 rings (SSSR count). The molecule has 1 aliphatic carbocycles. The highest BCUT2D eigenvalue weighted by Crippen LogP contribution is 2.44. The molecule has 1 atom stereocenters.